The van der Waals surface area contributed by atoms with E-state index in [1.54, 1.807) is 30.3 Å². The number of carboxylic acids is 1. The van der Waals surface area contributed by atoms with Crippen LogP contribution in [0.5, 0.6) is 5.75 Å². The van der Waals surface area contributed by atoms with Crippen LogP contribution in [0.2, 0.25) is 0 Å². The van der Waals surface area contributed by atoms with Gasteiger partial charge in [0.1, 0.15) is 5.37 Å². The van der Waals surface area contributed by atoms with Crippen molar-refractivity contribution in [2.75, 3.05) is 5.75 Å². The van der Waals surface area contributed by atoms with E-state index in [0.717, 1.165) is 5.06 Å². The second kappa shape index (κ2) is 6.20. The van der Waals surface area contributed by atoms with Crippen molar-refractivity contribution in [2.45, 2.75) is 24.4 Å². The van der Waals surface area contributed by atoms with E-state index in [4.69, 9.17) is 4.84 Å². The van der Waals surface area contributed by atoms with Gasteiger partial charge in [-0.1, -0.05) is 24.8 Å². The van der Waals surface area contributed by atoms with Gasteiger partial charge in [-0.25, -0.2) is 4.79 Å². The highest BCUT2D eigenvalue weighted by Gasteiger charge is 2.59. The first-order chi connectivity index (χ1) is 11.4. The van der Waals surface area contributed by atoms with Crippen LogP contribution in [0, 0.1) is 0 Å². The van der Waals surface area contributed by atoms with Crippen molar-refractivity contribution in [3.8, 4) is 5.75 Å². The highest BCUT2D eigenvalue weighted by molar-refractivity contribution is 8.00. The lowest BCUT2D eigenvalue weighted by Crippen LogP contribution is -2.75. The fourth-order valence-corrected chi connectivity index (χ4v) is 4.14. The maximum absolute atomic E-state index is 12.5. The van der Waals surface area contributed by atoms with Crippen LogP contribution >= 0.6 is 11.8 Å². The SMILES string of the molecule is C=C1CS[C@@H]2C(N(Oc3ccccc3)C(C)=O)C(=O)N2C1C(=O)O. The molecule has 8 heteroatoms. The topological polar surface area (TPSA) is 87.2 Å². The lowest BCUT2D eigenvalue weighted by molar-refractivity contribution is -0.193. The van der Waals surface area contributed by atoms with Gasteiger partial charge in [-0.2, -0.15) is 5.06 Å². The second-order valence-electron chi connectivity index (χ2n) is 5.54. The minimum Gasteiger partial charge on any atom is -0.479 e. The molecular weight excluding hydrogens is 332 g/mol. The Morgan fingerprint density at radius 3 is 2.62 bits per heavy atom. The summed E-state index contributed by atoms with van der Waals surface area (Å²) in [6.45, 7) is 5.04. The summed E-state index contributed by atoms with van der Waals surface area (Å²) in [6.07, 6.45) is 0. The Hall–Kier alpha value is -2.48. The van der Waals surface area contributed by atoms with Gasteiger partial charge in [0.2, 0.25) is 0 Å². The summed E-state index contributed by atoms with van der Waals surface area (Å²) in [7, 11) is 0. The number of rotatable bonds is 4. The fraction of sp³-hybridized carbons (Fsp3) is 0.312. The van der Waals surface area contributed by atoms with Crippen molar-refractivity contribution in [3.63, 3.8) is 0 Å². The van der Waals surface area contributed by atoms with E-state index in [2.05, 4.69) is 6.58 Å². The molecule has 7 nitrogen and oxygen atoms in total. The van der Waals surface area contributed by atoms with Crippen LogP contribution in [-0.2, 0) is 14.4 Å². The summed E-state index contributed by atoms with van der Waals surface area (Å²) >= 11 is 1.38. The Balaban J connectivity index is 1.83. The molecule has 1 N–H and O–H groups in total. The molecular formula is C16H16N2O5S. The molecule has 2 aliphatic rings. The third-order valence-corrected chi connectivity index (χ3v) is 5.26. The molecule has 2 fully saturated rings. The standard InChI is InChI=1S/C16H16N2O5S/c1-9-8-24-15-13(14(20)17(15)12(9)16(21)22)18(10(2)19)23-11-6-4-3-5-7-11/h3-7,12-13,15H,1,8H2,2H3,(H,21,22)/t12?,13?,15-/m1/s1. The Morgan fingerprint density at radius 2 is 2.04 bits per heavy atom. The number of thioether (sulfide) groups is 1. The van der Waals surface area contributed by atoms with Gasteiger partial charge >= 0.3 is 5.97 Å². The van der Waals surface area contributed by atoms with Crippen molar-refractivity contribution >= 4 is 29.5 Å². The molecule has 1 aromatic carbocycles. The number of aliphatic carboxylic acids is 1. The zero-order chi connectivity index (χ0) is 17.4. The summed E-state index contributed by atoms with van der Waals surface area (Å²) in [6, 6.07) is 6.76. The first-order valence-corrected chi connectivity index (χ1v) is 8.33. The largest absolute Gasteiger partial charge is 0.479 e. The minimum absolute atomic E-state index is 0.416. The first-order valence-electron chi connectivity index (χ1n) is 7.29. The number of fused-ring (bicyclic) bond motifs is 1. The van der Waals surface area contributed by atoms with Gasteiger partial charge in [-0.3, -0.25) is 9.59 Å². The van der Waals surface area contributed by atoms with Gasteiger partial charge in [-0.05, 0) is 17.7 Å². The summed E-state index contributed by atoms with van der Waals surface area (Å²) in [5, 5.41) is 9.91. The fourth-order valence-electron chi connectivity index (χ4n) is 2.81. The van der Waals surface area contributed by atoms with E-state index in [-0.39, 0.29) is 0 Å². The molecule has 3 rings (SSSR count). The van der Waals surface area contributed by atoms with Crippen LogP contribution in [0.15, 0.2) is 42.5 Å². The molecule has 126 valence electrons. The number of hydroxylamine groups is 2. The van der Waals surface area contributed by atoms with Crippen LogP contribution in [0.25, 0.3) is 0 Å². The molecule has 0 spiro atoms. The van der Waals surface area contributed by atoms with E-state index < -0.39 is 35.2 Å². The first kappa shape index (κ1) is 16.4. The molecule has 2 amide bonds. The number of amides is 2. The number of carbonyl (C=O) groups is 3. The molecule has 2 heterocycles. The number of nitrogens with zero attached hydrogens (tertiary/aromatic N) is 2. The van der Waals surface area contributed by atoms with Gasteiger partial charge in [-0.15, -0.1) is 11.8 Å². The summed E-state index contributed by atoms with van der Waals surface area (Å²) in [5.41, 5.74) is 0.467. The van der Waals surface area contributed by atoms with E-state index in [1.807, 2.05) is 0 Å². The average molecular weight is 348 g/mol. The maximum Gasteiger partial charge on any atom is 0.330 e. The number of carbonyl (C=O) groups excluding carboxylic acids is 2. The van der Waals surface area contributed by atoms with Crippen molar-refractivity contribution in [3.05, 3.63) is 42.5 Å². The van der Waals surface area contributed by atoms with Gasteiger partial charge in [0.15, 0.2) is 17.8 Å². The van der Waals surface area contributed by atoms with Gasteiger partial charge < -0.3 is 14.8 Å². The number of benzene rings is 1. The summed E-state index contributed by atoms with van der Waals surface area (Å²) in [4.78, 5) is 42.8. The van der Waals surface area contributed by atoms with Crippen LogP contribution < -0.4 is 4.84 Å². The zero-order valence-electron chi connectivity index (χ0n) is 12.9. The van der Waals surface area contributed by atoms with E-state index >= 15 is 0 Å². The Morgan fingerprint density at radius 1 is 1.38 bits per heavy atom. The number of hydrogen-bond acceptors (Lipinski definition) is 5. The lowest BCUT2D eigenvalue weighted by Gasteiger charge is -2.54. The zero-order valence-corrected chi connectivity index (χ0v) is 13.7. The van der Waals surface area contributed by atoms with Gasteiger partial charge in [0.25, 0.3) is 11.8 Å². The highest BCUT2D eigenvalue weighted by atomic mass is 32.2. The quantitative estimate of drug-likeness (QED) is 0.498. The Labute approximate surface area is 142 Å². The second-order valence-corrected chi connectivity index (χ2v) is 6.65. The number of para-hydroxylation sites is 1. The maximum atomic E-state index is 12.5. The third kappa shape index (κ3) is 2.62. The molecule has 3 atom stereocenters. The molecule has 0 aliphatic carbocycles. The van der Waals surface area contributed by atoms with Crippen LogP contribution in [0.3, 0.4) is 0 Å². The van der Waals surface area contributed by atoms with E-state index in [9.17, 15) is 19.5 Å². The summed E-state index contributed by atoms with van der Waals surface area (Å²) < 4.78 is 0. The van der Waals surface area contributed by atoms with Crippen molar-refractivity contribution in [1.82, 2.24) is 9.96 Å². The van der Waals surface area contributed by atoms with Crippen molar-refractivity contribution in [1.29, 1.82) is 0 Å². The van der Waals surface area contributed by atoms with E-state index in [0.29, 0.717) is 17.1 Å². The number of β-lactam (4-membered cyclic amide) rings is 1. The molecule has 0 aromatic heterocycles. The Bertz CT molecular complexity index is 708. The lowest BCUT2D eigenvalue weighted by atomic mass is 9.98. The van der Waals surface area contributed by atoms with Crippen molar-refractivity contribution in [2.24, 2.45) is 0 Å². The Kier molecular flexibility index (Phi) is 4.23. The molecule has 0 saturated carbocycles. The van der Waals surface area contributed by atoms with Gasteiger partial charge in [0, 0.05) is 12.7 Å². The molecule has 0 bridgehead atoms. The number of hydrogen-bond donors (Lipinski definition) is 1. The van der Waals surface area contributed by atoms with E-state index in [1.165, 1.54) is 23.6 Å². The number of carboxylic acid groups (broad SMARTS) is 1. The van der Waals surface area contributed by atoms with Crippen LogP contribution in [0.1, 0.15) is 6.92 Å². The van der Waals surface area contributed by atoms with Crippen LogP contribution in [0.4, 0.5) is 0 Å². The molecule has 1 aromatic rings. The van der Waals surface area contributed by atoms with Crippen LogP contribution in [-0.4, -0.2) is 56.1 Å². The summed E-state index contributed by atoms with van der Waals surface area (Å²) in [5.74, 6) is -1.14. The normalized spacial score (nSPS) is 25.5. The molecule has 2 saturated heterocycles. The van der Waals surface area contributed by atoms with Gasteiger partial charge in [0.05, 0.1) is 0 Å². The highest BCUT2D eigenvalue weighted by Crippen LogP contribution is 2.42. The minimum atomic E-state index is -1.12. The predicted molar refractivity (Wildman–Crippen MR) is 87.0 cm³/mol. The molecule has 0 radical (unpaired) electrons. The van der Waals surface area contributed by atoms with Crippen molar-refractivity contribution < 1.29 is 24.3 Å². The molecule has 2 aliphatic heterocycles. The average Bonchev–Trinajstić information content (AvgIpc) is 2.55. The predicted octanol–water partition coefficient (Wildman–Crippen LogP) is 1.12. The molecule has 2 unspecified atom stereocenters. The smallest absolute Gasteiger partial charge is 0.330 e. The third-order valence-electron chi connectivity index (χ3n) is 3.90. The monoisotopic (exact) mass is 348 g/mol. The molecule has 24 heavy (non-hydrogen) atoms.